The maximum absolute atomic E-state index is 9.83. The number of aryl methyl sites for hydroxylation is 1. The van der Waals surface area contributed by atoms with Crippen LogP contribution >= 0.6 is 0 Å². The van der Waals surface area contributed by atoms with Crippen LogP contribution in [0.2, 0.25) is 0 Å². The lowest BCUT2D eigenvalue weighted by atomic mass is 10.3. The second-order valence-electron chi connectivity index (χ2n) is 4.13. The number of aliphatic hydroxyl groups excluding tert-OH is 1. The third-order valence-electron chi connectivity index (χ3n) is 2.83. The summed E-state index contributed by atoms with van der Waals surface area (Å²) in [6, 6.07) is 0. The molecule has 0 amide bonds. The topological polar surface area (TPSA) is 66.2 Å². The number of nitrogens with one attached hydrogen (secondary N) is 1. The van der Waals surface area contributed by atoms with Crippen molar-refractivity contribution in [2.24, 2.45) is 7.05 Å². The van der Waals surface area contributed by atoms with Gasteiger partial charge in [0.1, 0.15) is 12.2 Å². The van der Waals surface area contributed by atoms with Crippen LogP contribution in [0.25, 0.3) is 0 Å². The standard InChI is InChI=1S/C11H23N5O/c1-4-16(5-2)8-10(17)6-12-7-11-14-13-9-15(11)3/h9-10,12,17H,4-8H2,1-3H3. The highest BCUT2D eigenvalue weighted by molar-refractivity contribution is 4.83. The average molecular weight is 241 g/mol. The van der Waals surface area contributed by atoms with Crippen molar-refractivity contribution in [3.63, 3.8) is 0 Å². The molecule has 98 valence electrons. The van der Waals surface area contributed by atoms with E-state index in [1.54, 1.807) is 6.33 Å². The zero-order valence-corrected chi connectivity index (χ0v) is 10.9. The maximum Gasteiger partial charge on any atom is 0.146 e. The molecule has 0 aromatic carbocycles. The molecule has 0 aliphatic rings. The zero-order chi connectivity index (χ0) is 12.7. The zero-order valence-electron chi connectivity index (χ0n) is 10.9. The minimum atomic E-state index is -0.344. The second kappa shape index (κ2) is 7.37. The quantitative estimate of drug-likeness (QED) is 0.649. The van der Waals surface area contributed by atoms with Crippen LogP contribution in [0.3, 0.4) is 0 Å². The fraction of sp³-hybridized carbons (Fsp3) is 0.818. The molecule has 0 aliphatic carbocycles. The van der Waals surface area contributed by atoms with E-state index < -0.39 is 0 Å². The Kier molecular flexibility index (Phi) is 6.10. The molecule has 1 aromatic heterocycles. The first-order valence-electron chi connectivity index (χ1n) is 6.11. The molecule has 0 saturated heterocycles. The van der Waals surface area contributed by atoms with Gasteiger partial charge in [0.05, 0.1) is 12.6 Å². The van der Waals surface area contributed by atoms with Crippen molar-refractivity contribution in [1.82, 2.24) is 25.0 Å². The molecule has 1 heterocycles. The largest absolute Gasteiger partial charge is 0.390 e. The molecule has 1 unspecified atom stereocenters. The minimum Gasteiger partial charge on any atom is -0.390 e. The number of aromatic nitrogens is 3. The summed E-state index contributed by atoms with van der Waals surface area (Å²) >= 11 is 0. The number of nitrogens with zero attached hydrogens (tertiary/aromatic N) is 4. The van der Waals surface area contributed by atoms with Crippen molar-refractivity contribution in [3.05, 3.63) is 12.2 Å². The highest BCUT2D eigenvalue weighted by atomic mass is 16.3. The molecule has 1 aromatic rings. The van der Waals surface area contributed by atoms with Gasteiger partial charge in [0.2, 0.25) is 0 Å². The lowest BCUT2D eigenvalue weighted by Gasteiger charge is -2.21. The van der Waals surface area contributed by atoms with Gasteiger partial charge >= 0.3 is 0 Å². The first-order valence-corrected chi connectivity index (χ1v) is 6.11. The van der Waals surface area contributed by atoms with E-state index in [4.69, 9.17) is 0 Å². The van der Waals surface area contributed by atoms with Crippen molar-refractivity contribution < 1.29 is 5.11 Å². The first kappa shape index (κ1) is 14.1. The Labute approximate surface area is 103 Å². The van der Waals surface area contributed by atoms with Gasteiger partial charge in [-0.25, -0.2) is 0 Å². The molecule has 6 nitrogen and oxygen atoms in total. The van der Waals surface area contributed by atoms with Crippen LogP contribution < -0.4 is 5.32 Å². The lowest BCUT2D eigenvalue weighted by molar-refractivity contribution is 0.116. The summed E-state index contributed by atoms with van der Waals surface area (Å²) in [7, 11) is 1.91. The Bertz CT molecular complexity index is 311. The summed E-state index contributed by atoms with van der Waals surface area (Å²) in [6.45, 7) is 8.05. The summed E-state index contributed by atoms with van der Waals surface area (Å²) in [5.74, 6) is 0.875. The maximum atomic E-state index is 9.83. The molecule has 0 saturated carbocycles. The Balaban J connectivity index is 2.20. The SMILES string of the molecule is CCN(CC)CC(O)CNCc1nncn1C. The molecular weight excluding hydrogens is 218 g/mol. The molecule has 1 rings (SSSR count). The van der Waals surface area contributed by atoms with Crippen LogP contribution in [0.4, 0.5) is 0 Å². The third-order valence-corrected chi connectivity index (χ3v) is 2.83. The van der Waals surface area contributed by atoms with Crippen molar-refractivity contribution in [2.45, 2.75) is 26.5 Å². The number of likely N-dealkylation sites (N-methyl/N-ethyl adjacent to an activating group) is 1. The molecule has 0 spiro atoms. The van der Waals surface area contributed by atoms with Gasteiger partial charge in [-0.3, -0.25) is 0 Å². The molecule has 0 aliphatic heterocycles. The molecule has 2 N–H and O–H groups in total. The summed E-state index contributed by atoms with van der Waals surface area (Å²) in [5.41, 5.74) is 0. The van der Waals surface area contributed by atoms with Crippen molar-refractivity contribution in [3.8, 4) is 0 Å². The molecule has 0 radical (unpaired) electrons. The van der Waals surface area contributed by atoms with E-state index in [1.807, 2.05) is 11.6 Å². The molecule has 1 atom stereocenters. The van der Waals surface area contributed by atoms with Crippen molar-refractivity contribution >= 4 is 0 Å². The van der Waals surface area contributed by atoms with Crippen molar-refractivity contribution in [2.75, 3.05) is 26.2 Å². The fourth-order valence-corrected chi connectivity index (χ4v) is 1.66. The van der Waals surface area contributed by atoms with E-state index >= 15 is 0 Å². The number of hydrogen-bond acceptors (Lipinski definition) is 5. The van der Waals surface area contributed by atoms with Gasteiger partial charge in [0, 0.05) is 20.1 Å². The van der Waals surface area contributed by atoms with E-state index in [0.717, 1.165) is 18.9 Å². The Morgan fingerprint density at radius 2 is 2.18 bits per heavy atom. The predicted molar refractivity (Wildman–Crippen MR) is 66.5 cm³/mol. The van der Waals surface area contributed by atoms with Gasteiger partial charge in [0.25, 0.3) is 0 Å². The summed E-state index contributed by atoms with van der Waals surface area (Å²) in [4.78, 5) is 2.20. The van der Waals surface area contributed by atoms with Gasteiger partial charge in [-0.1, -0.05) is 13.8 Å². The van der Waals surface area contributed by atoms with E-state index in [-0.39, 0.29) is 6.10 Å². The molecule has 0 bridgehead atoms. The minimum absolute atomic E-state index is 0.344. The van der Waals surface area contributed by atoms with Gasteiger partial charge in [0.15, 0.2) is 0 Å². The van der Waals surface area contributed by atoms with E-state index in [2.05, 4.69) is 34.3 Å². The first-order chi connectivity index (χ1) is 8.17. The molecule has 0 fully saturated rings. The monoisotopic (exact) mass is 241 g/mol. The van der Waals surface area contributed by atoms with Crippen molar-refractivity contribution in [1.29, 1.82) is 0 Å². The highest BCUT2D eigenvalue weighted by Gasteiger charge is 2.09. The Morgan fingerprint density at radius 1 is 1.47 bits per heavy atom. The molecule has 17 heavy (non-hydrogen) atoms. The fourth-order valence-electron chi connectivity index (χ4n) is 1.66. The highest BCUT2D eigenvalue weighted by Crippen LogP contribution is 1.93. The summed E-state index contributed by atoms with van der Waals surface area (Å²) < 4.78 is 1.86. The van der Waals surface area contributed by atoms with Gasteiger partial charge in [-0.15, -0.1) is 10.2 Å². The summed E-state index contributed by atoms with van der Waals surface area (Å²) in [6.07, 6.45) is 1.33. The Hall–Kier alpha value is -0.980. The number of aliphatic hydroxyl groups is 1. The molecular formula is C11H23N5O. The third kappa shape index (κ3) is 4.80. The second-order valence-corrected chi connectivity index (χ2v) is 4.13. The van der Waals surface area contributed by atoms with E-state index in [0.29, 0.717) is 19.6 Å². The van der Waals surface area contributed by atoms with Gasteiger partial charge in [-0.2, -0.15) is 0 Å². The smallest absolute Gasteiger partial charge is 0.146 e. The Morgan fingerprint density at radius 3 is 2.71 bits per heavy atom. The van der Waals surface area contributed by atoms with Crippen LogP contribution in [0, 0.1) is 0 Å². The van der Waals surface area contributed by atoms with Crippen LogP contribution in [0.15, 0.2) is 6.33 Å². The molecule has 6 heteroatoms. The average Bonchev–Trinajstić information content (AvgIpc) is 2.72. The van der Waals surface area contributed by atoms with Gasteiger partial charge in [-0.05, 0) is 13.1 Å². The number of rotatable bonds is 8. The normalized spacial score (nSPS) is 13.2. The lowest BCUT2D eigenvalue weighted by Crippen LogP contribution is -2.38. The predicted octanol–water partition coefficient (Wildman–Crippen LogP) is -0.393. The van der Waals surface area contributed by atoms with E-state index in [9.17, 15) is 5.11 Å². The van der Waals surface area contributed by atoms with Crippen LogP contribution in [0.5, 0.6) is 0 Å². The van der Waals surface area contributed by atoms with Crippen LogP contribution in [-0.4, -0.2) is 57.1 Å². The number of hydrogen-bond donors (Lipinski definition) is 2. The van der Waals surface area contributed by atoms with Crippen LogP contribution in [-0.2, 0) is 13.6 Å². The van der Waals surface area contributed by atoms with E-state index in [1.165, 1.54) is 0 Å². The summed E-state index contributed by atoms with van der Waals surface area (Å²) in [5, 5.41) is 20.8. The van der Waals surface area contributed by atoms with Gasteiger partial charge < -0.3 is 19.9 Å². The van der Waals surface area contributed by atoms with Crippen LogP contribution in [0.1, 0.15) is 19.7 Å².